The van der Waals surface area contributed by atoms with Gasteiger partial charge in [0.05, 0.1) is 32.6 Å². The topological polar surface area (TPSA) is 52.3 Å². The van der Waals surface area contributed by atoms with E-state index in [4.69, 9.17) is 22.1 Å². The molecule has 1 aromatic rings. The van der Waals surface area contributed by atoms with E-state index in [1.165, 1.54) is 0 Å². The average Bonchev–Trinajstić information content (AvgIpc) is 2.29. The summed E-state index contributed by atoms with van der Waals surface area (Å²) < 4.78 is 17.6. The number of rotatable bonds is 2. The second kappa shape index (κ2) is 5.27. The Morgan fingerprint density at radius 2 is 2.19 bits per heavy atom. The van der Waals surface area contributed by atoms with Gasteiger partial charge < -0.3 is 10.5 Å². The summed E-state index contributed by atoms with van der Waals surface area (Å²) in [6.07, 6.45) is 0.751. The maximum Gasteiger partial charge on any atom is 0.0780 e. The summed E-state index contributed by atoms with van der Waals surface area (Å²) in [6.45, 7) is 1.09. The lowest BCUT2D eigenvalue weighted by Crippen LogP contribution is -2.45. The molecule has 1 heterocycles. The van der Waals surface area contributed by atoms with Crippen molar-refractivity contribution in [2.24, 2.45) is 5.73 Å². The molecule has 1 saturated heterocycles. The third-order valence-corrected chi connectivity index (χ3v) is 4.95. The van der Waals surface area contributed by atoms with Crippen LogP contribution in [-0.4, -0.2) is 28.7 Å². The molecule has 0 radical (unpaired) electrons. The van der Waals surface area contributed by atoms with Gasteiger partial charge in [-0.1, -0.05) is 23.7 Å². The van der Waals surface area contributed by atoms with Crippen LogP contribution in [0.2, 0.25) is 5.02 Å². The highest BCUT2D eigenvalue weighted by Gasteiger charge is 2.29. The lowest BCUT2D eigenvalue weighted by Gasteiger charge is -2.28. The largest absolute Gasteiger partial charge is 0.380 e. The van der Waals surface area contributed by atoms with Crippen LogP contribution in [0.3, 0.4) is 0 Å². The first kappa shape index (κ1) is 12.0. The SMILES string of the molecule is NC1CCOCC1S(=O)c1ccccc1Cl. The minimum absolute atomic E-state index is 0.0779. The molecule has 1 fully saturated rings. The zero-order chi connectivity index (χ0) is 11.5. The molecule has 0 bridgehead atoms. The van der Waals surface area contributed by atoms with Crippen LogP contribution in [0.15, 0.2) is 29.2 Å². The monoisotopic (exact) mass is 259 g/mol. The summed E-state index contributed by atoms with van der Waals surface area (Å²) in [7, 11) is -1.19. The van der Waals surface area contributed by atoms with Gasteiger partial charge in [0.15, 0.2) is 0 Å². The van der Waals surface area contributed by atoms with Crippen molar-refractivity contribution in [1.82, 2.24) is 0 Å². The van der Waals surface area contributed by atoms with Crippen LogP contribution in [-0.2, 0) is 15.5 Å². The molecule has 0 saturated carbocycles. The van der Waals surface area contributed by atoms with Crippen LogP contribution in [0.25, 0.3) is 0 Å². The van der Waals surface area contributed by atoms with Gasteiger partial charge in [-0.2, -0.15) is 0 Å². The van der Waals surface area contributed by atoms with Gasteiger partial charge in [-0.25, -0.2) is 0 Å². The maximum absolute atomic E-state index is 12.3. The molecule has 3 nitrogen and oxygen atoms in total. The molecule has 1 aliphatic rings. The molecule has 16 heavy (non-hydrogen) atoms. The second-order valence-corrected chi connectivity index (χ2v) is 5.84. The van der Waals surface area contributed by atoms with Crippen molar-refractivity contribution in [3.8, 4) is 0 Å². The van der Waals surface area contributed by atoms with Crippen LogP contribution in [0.5, 0.6) is 0 Å². The van der Waals surface area contributed by atoms with Crippen molar-refractivity contribution < 1.29 is 8.95 Å². The van der Waals surface area contributed by atoms with Gasteiger partial charge in [-0.15, -0.1) is 0 Å². The molecule has 0 spiro atoms. The third kappa shape index (κ3) is 2.46. The van der Waals surface area contributed by atoms with Gasteiger partial charge in [0, 0.05) is 12.6 Å². The summed E-state index contributed by atoms with van der Waals surface area (Å²) in [6, 6.07) is 7.09. The van der Waals surface area contributed by atoms with E-state index < -0.39 is 10.8 Å². The Morgan fingerprint density at radius 3 is 2.88 bits per heavy atom. The number of benzene rings is 1. The molecule has 2 N–H and O–H groups in total. The van der Waals surface area contributed by atoms with Crippen LogP contribution in [0.1, 0.15) is 6.42 Å². The molecule has 5 heteroatoms. The van der Waals surface area contributed by atoms with Gasteiger partial charge in [-0.05, 0) is 18.6 Å². The van der Waals surface area contributed by atoms with Crippen LogP contribution >= 0.6 is 11.6 Å². The van der Waals surface area contributed by atoms with E-state index in [0.29, 0.717) is 23.1 Å². The molecule has 2 rings (SSSR count). The van der Waals surface area contributed by atoms with Crippen LogP contribution < -0.4 is 5.73 Å². The Bertz CT molecular complexity index is 399. The van der Waals surface area contributed by atoms with Gasteiger partial charge in [0.1, 0.15) is 0 Å². The van der Waals surface area contributed by atoms with E-state index in [9.17, 15) is 4.21 Å². The maximum atomic E-state index is 12.3. The molecular formula is C11H14ClNO2S. The summed E-state index contributed by atoms with van der Waals surface area (Å²) >= 11 is 6.01. The lowest BCUT2D eigenvalue weighted by molar-refractivity contribution is 0.0904. The summed E-state index contributed by atoms with van der Waals surface area (Å²) in [5.41, 5.74) is 5.95. The van der Waals surface area contributed by atoms with Crippen LogP contribution in [0, 0.1) is 0 Å². The Kier molecular flexibility index (Phi) is 3.97. The minimum Gasteiger partial charge on any atom is -0.380 e. The normalized spacial score (nSPS) is 27.6. The van der Waals surface area contributed by atoms with E-state index in [0.717, 1.165) is 6.42 Å². The first-order chi connectivity index (χ1) is 7.70. The number of hydrogen-bond donors (Lipinski definition) is 1. The Balaban J connectivity index is 2.21. The van der Waals surface area contributed by atoms with Gasteiger partial charge in [0.2, 0.25) is 0 Å². The first-order valence-corrected chi connectivity index (χ1v) is 6.77. The standard InChI is InChI=1S/C11H14ClNO2S/c12-8-3-1-2-4-10(8)16(14)11-7-15-6-5-9(11)13/h1-4,9,11H,5-7,13H2. The fourth-order valence-corrected chi connectivity index (χ4v) is 3.56. The fourth-order valence-electron chi connectivity index (χ4n) is 1.72. The number of halogens is 1. The lowest BCUT2D eigenvalue weighted by atomic mass is 10.1. The molecule has 1 aliphatic heterocycles. The molecule has 3 atom stereocenters. The first-order valence-electron chi connectivity index (χ1n) is 5.18. The van der Waals surface area contributed by atoms with Crippen LogP contribution in [0.4, 0.5) is 0 Å². The van der Waals surface area contributed by atoms with Gasteiger partial charge in [-0.3, -0.25) is 4.21 Å². The number of nitrogens with two attached hydrogens (primary N) is 1. The predicted molar refractivity (Wildman–Crippen MR) is 65.1 cm³/mol. The number of hydrogen-bond acceptors (Lipinski definition) is 3. The predicted octanol–water partition coefficient (Wildman–Crippen LogP) is 1.56. The van der Waals surface area contributed by atoms with Crippen molar-refractivity contribution in [2.75, 3.05) is 13.2 Å². The Morgan fingerprint density at radius 1 is 1.44 bits per heavy atom. The van der Waals surface area contributed by atoms with Crippen molar-refractivity contribution in [3.05, 3.63) is 29.3 Å². The zero-order valence-electron chi connectivity index (χ0n) is 8.77. The molecule has 0 aromatic heterocycles. The average molecular weight is 260 g/mol. The van der Waals surface area contributed by atoms with E-state index in [1.54, 1.807) is 12.1 Å². The highest BCUT2D eigenvalue weighted by atomic mass is 35.5. The van der Waals surface area contributed by atoms with E-state index in [1.807, 2.05) is 12.1 Å². The molecule has 88 valence electrons. The highest BCUT2D eigenvalue weighted by Crippen LogP contribution is 2.24. The zero-order valence-corrected chi connectivity index (χ0v) is 10.3. The highest BCUT2D eigenvalue weighted by molar-refractivity contribution is 7.86. The Labute approximate surface area is 102 Å². The molecule has 1 aromatic carbocycles. The Hall–Kier alpha value is -0.420. The molecular weight excluding hydrogens is 246 g/mol. The van der Waals surface area contributed by atoms with E-state index in [2.05, 4.69) is 0 Å². The number of ether oxygens (including phenoxy) is 1. The molecule has 0 aliphatic carbocycles. The summed E-state index contributed by atoms with van der Waals surface area (Å²) in [5.74, 6) is 0. The van der Waals surface area contributed by atoms with Crippen molar-refractivity contribution in [1.29, 1.82) is 0 Å². The van der Waals surface area contributed by atoms with Crippen molar-refractivity contribution in [2.45, 2.75) is 22.6 Å². The van der Waals surface area contributed by atoms with Crippen molar-refractivity contribution in [3.63, 3.8) is 0 Å². The molecule has 3 unspecified atom stereocenters. The van der Waals surface area contributed by atoms with Crippen molar-refractivity contribution >= 4 is 22.4 Å². The quantitative estimate of drug-likeness (QED) is 0.877. The molecule has 0 amide bonds. The third-order valence-electron chi connectivity index (χ3n) is 2.68. The summed E-state index contributed by atoms with van der Waals surface area (Å²) in [5, 5.41) is 0.368. The smallest absolute Gasteiger partial charge is 0.0780 e. The fraction of sp³-hybridized carbons (Fsp3) is 0.455. The minimum atomic E-state index is -1.19. The van der Waals surface area contributed by atoms with E-state index in [-0.39, 0.29) is 11.3 Å². The second-order valence-electron chi connectivity index (χ2n) is 3.79. The van der Waals surface area contributed by atoms with Gasteiger partial charge in [0.25, 0.3) is 0 Å². The van der Waals surface area contributed by atoms with E-state index >= 15 is 0 Å². The van der Waals surface area contributed by atoms with Gasteiger partial charge >= 0.3 is 0 Å². The summed E-state index contributed by atoms with van der Waals surface area (Å²) in [4.78, 5) is 0.648.